The zero-order valence-electron chi connectivity index (χ0n) is 4.13. The van der Waals surface area contributed by atoms with Crippen molar-refractivity contribution in [3.63, 3.8) is 0 Å². The summed E-state index contributed by atoms with van der Waals surface area (Å²) in [5.41, 5.74) is 0. The zero-order valence-corrected chi connectivity index (χ0v) is 4.13. The van der Waals surface area contributed by atoms with Crippen molar-refractivity contribution in [2.75, 3.05) is 0 Å². The molecule has 0 saturated carbocycles. The molecule has 0 aliphatic heterocycles. The monoisotopic (exact) mass is 115 g/mol. The first-order chi connectivity index (χ1) is 3.55. The average molecular weight is 115 g/mol. The molecule has 0 radical (unpaired) electrons. The minimum Gasteiger partial charge on any atom is -0.541 e. The Labute approximate surface area is 45.1 Å². The SMILES string of the molecule is CC(=O)C(=O)C(=O)[O-]. The van der Waals surface area contributed by atoms with E-state index in [2.05, 4.69) is 0 Å². The summed E-state index contributed by atoms with van der Waals surface area (Å²) in [5.74, 6) is -4.44. The van der Waals surface area contributed by atoms with E-state index in [1.54, 1.807) is 0 Å². The summed E-state index contributed by atoms with van der Waals surface area (Å²) in [6.45, 7) is 0.873. The molecule has 0 N–H and O–H groups in total. The standard InChI is InChI=1S/C4H4O4/c1-2(5)3(6)4(7)8/h1H3,(H,7,8)/p-1. The normalized spacial score (nSPS) is 8.12. The van der Waals surface area contributed by atoms with Crippen molar-refractivity contribution in [2.45, 2.75) is 6.92 Å². The number of hydrogen-bond donors (Lipinski definition) is 0. The van der Waals surface area contributed by atoms with Crippen LogP contribution in [0.25, 0.3) is 0 Å². The van der Waals surface area contributed by atoms with Crippen LogP contribution in [0.5, 0.6) is 0 Å². The molecule has 4 nitrogen and oxygen atoms in total. The Hall–Kier alpha value is -1.19. The summed E-state index contributed by atoms with van der Waals surface area (Å²) in [6.07, 6.45) is 0. The van der Waals surface area contributed by atoms with Gasteiger partial charge in [-0.2, -0.15) is 0 Å². The summed E-state index contributed by atoms with van der Waals surface area (Å²) >= 11 is 0. The van der Waals surface area contributed by atoms with Gasteiger partial charge >= 0.3 is 0 Å². The van der Waals surface area contributed by atoms with Gasteiger partial charge in [0.15, 0.2) is 0 Å². The summed E-state index contributed by atoms with van der Waals surface area (Å²) in [4.78, 5) is 29.1. The number of carbonyl (C=O) groups is 3. The van der Waals surface area contributed by atoms with Gasteiger partial charge in [-0.25, -0.2) is 0 Å². The molecular weight excluding hydrogens is 112 g/mol. The lowest BCUT2D eigenvalue weighted by molar-refractivity contribution is -0.299. The highest BCUT2D eigenvalue weighted by molar-refractivity contribution is 6.60. The Bertz CT molecular complexity index is 130. The van der Waals surface area contributed by atoms with E-state index in [-0.39, 0.29) is 0 Å². The van der Waals surface area contributed by atoms with E-state index in [0.717, 1.165) is 6.92 Å². The van der Waals surface area contributed by atoms with Crippen molar-refractivity contribution in [2.24, 2.45) is 0 Å². The van der Waals surface area contributed by atoms with Crippen LogP contribution in [0, 0.1) is 0 Å². The van der Waals surface area contributed by atoms with Crippen LogP contribution in [0.15, 0.2) is 0 Å². The molecule has 0 saturated heterocycles. The highest BCUT2D eigenvalue weighted by Gasteiger charge is 2.06. The van der Waals surface area contributed by atoms with Crippen molar-refractivity contribution >= 4 is 17.5 Å². The Morgan fingerprint density at radius 1 is 1.25 bits per heavy atom. The largest absolute Gasteiger partial charge is 0.541 e. The third kappa shape index (κ3) is 1.51. The number of rotatable bonds is 2. The fourth-order valence-electron chi connectivity index (χ4n) is 0.144. The van der Waals surface area contributed by atoms with Crippen molar-refractivity contribution in [1.82, 2.24) is 0 Å². The van der Waals surface area contributed by atoms with Gasteiger partial charge in [0.2, 0.25) is 11.6 Å². The van der Waals surface area contributed by atoms with Crippen LogP contribution in [0.2, 0.25) is 0 Å². The van der Waals surface area contributed by atoms with Gasteiger partial charge in [-0.3, -0.25) is 9.59 Å². The molecule has 0 unspecified atom stereocenters. The maximum atomic E-state index is 9.83. The molecule has 0 aromatic heterocycles. The number of carboxylic acids is 1. The number of carbonyl (C=O) groups excluding carboxylic acids is 3. The third-order valence-corrected chi connectivity index (χ3v) is 0.505. The number of hydrogen-bond acceptors (Lipinski definition) is 4. The van der Waals surface area contributed by atoms with Crippen molar-refractivity contribution in [1.29, 1.82) is 0 Å². The van der Waals surface area contributed by atoms with Gasteiger partial charge in [0.1, 0.15) is 5.97 Å². The summed E-state index contributed by atoms with van der Waals surface area (Å²) < 4.78 is 0. The first kappa shape index (κ1) is 6.81. The van der Waals surface area contributed by atoms with E-state index in [9.17, 15) is 19.5 Å². The molecule has 8 heavy (non-hydrogen) atoms. The van der Waals surface area contributed by atoms with Crippen molar-refractivity contribution < 1.29 is 19.5 Å². The topological polar surface area (TPSA) is 74.3 Å². The molecule has 0 amide bonds. The van der Waals surface area contributed by atoms with Gasteiger partial charge in [-0.05, 0) is 0 Å². The van der Waals surface area contributed by atoms with E-state index in [1.165, 1.54) is 0 Å². The Morgan fingerprint density at radius 2 is 1.62 bits per heavy atom. The van der Waals surface area contributed by atoms with Crippen LogP contribution >= 0.6 is 0 Å². The summed E-state index contributed by atoms with van der Waals surface area (Å²) in [5, 5.41) is 9.46. The van der Waals surface area contributed by atoms with Gasteiger partial charge < -0.3 is 9.90 Å². The summed E-state index contributed by atoms with van der Waals surface area (Å²) in [7, 11) is 0. The fraction of sp³-hybridized carbons (Fsp3) is 0.250. The zero-order chi connectivity index (χ0) is 6.73. The van der Waals surface area contributed by atoms with Gasteiger partial charge in [0.25, 0.3) is 0 Å². The lowest BCUT2D eigenvalue weighted by atomic mass is 10.3. The minimum atomic E-state index is -1.95. The summed E-state index contributed by atoms with van der Waals surface area (Å²) in [6, 6.07) is 0. The average Bonchev–Trinajstić information content (AvgIpc) is 1.64. The van der Waals surface area contributed by atoms with Crippen LogP contribution in [0.3, 0.4) is 0 Å². The second-order valence-corrected chi connectivity index (χ2v) is 1.17. The van der Waals surface area contributed by atoms with Gasteiger partial charge in [-0.15, -0.1) is 0 Å². The first-order valence-electron chi connectivity index (χ1n) is 1.82. The second-order valence-electron chi connectivity index (χ2n) is 1.17. The molecule has 0 atom stereocenters. The number of ketones is 2. The van der Waals surface area contributed by atoms with E-state index >= 15 is 0 Å². The van der Waals surface area contributed by atoms with Crippen LogP contribution in [0.1, 0.15) is 6.92 Å². The van der Waals surface area contributed by atoms with E-state index in [0.29, 0.717) is 0 Å². The number of carboxylic acid groups (broad SMARTS) is 1. The quantitative estimate of drug-likeness (QED) is 0.305. The highest BCUT2D eigenvalue weighted by atomic mass is 16.4. The Kier molecular flexibility index (Phi) is 1.88. The molecule has 0 aliphatic carbocycles. The highest BCUT2D eigenvalue weighted by Crippen LogP contribution is 1.69. The van der Waals surface area contributed by atoms with Crippen LogP contribution in [0.4, 0.5) is 0 Å². The lowest BCUT2D eigenvalue weighted by Crippen LogP contribution is -2.35. The molecule has 4 heteroatoms. The van der Waals surface area contributed by atoms with E-state index < -0.39 is 17.5 Å². The second kappa shape index (κ2) is 2.20. The van der Waals surface area contributed by atoms with Crippen molar-refractivity contribution in [3.8, 4) is 0 Å². The van der Waals surface area contributed by atoms with E-state index in [4.69, 9.17) is 0 Å². The van der Waals surface area contributed by atoms with Gasteiger partial charge in [0, 0.05) is 6.92 Å². The molecule has 0 aromatic carbocycles. The van der Waals surface area contributed by atoms with Gasteiger partial charge in [-0.1, -0.05) is 0 Å². The number of aliphatic carboxylic acids is 1. The molecule has 0 rings (SSSR count). The molecular formula is C4H3O4-. The number of Topliss-reactive ketones (excluding diaryl/α,β-unsaturated/α-hetero) is 2. The van der Waals surface area contributed by atoms with Crippen LogP contribution < -0.4 is 5.11 Å². The lowest BCUT2D eigenvalue weighted by Gasteiger charge is -1.91. The molecule has 0 heterocycles. The molecule has 0 aromatic rings. The molecule has 44 valence electrons. The predicted molar refractivity (Wildman–Crippen MR) is 20.7 cm³/mol. The Balaban J connectivity index is 4.05. The smallest absolute Gasteiger partial charge is 0.243 e. The van der Waals surface area contributed by atoms with Crippen LogP contribution in [-0.4, -0.2) is 17.5 Å². The minimum absolute atomic E-state index is 0.873. The van der Waals surface area contributed by atoms with Crippen LogP contribution in [-0.2, 0) is 14.4 Å². The predicted octanol–water partition coefficient (Wildman–Crippen LogP) is -2.11. The Morgan fingerprint density at radius 3 is 1.62 bits per heavy atom. The molecule has 0 spiro atoms. The third-order valence-electron chi connectivity index (χ3n) is 0.505. The molecule has 0 fully saturated rings. The van der Waals surface area contributed by atoms with E-state index in [1.807, 2.05) is 0 Å². The molecule has 0 bridgehead atoms. The fourth-order valence-corrected chi connectivity index (χ4v) is 0.144. The van der Waals surface area contributed by atoms with Gasteiger partial charge in [0.05, 0.1) is 0 Å². The maximum Gasteiger partial charge on any atom is 0.243 e. The maximum absolute atomic E-state index is 9.83. The molecule has 0 aliphatic rings. The first-order valence-corrected chi connectivity index (χ1v) is 1.82. The van der Waals surface area contributed by atoms with Crippen molar-refractivity contribution in [3.05, 3.63) is 0 Å².